The van der Waals surface area contributed by atoms with Crippen LogP contribution in [0.4, 0.5) is 5.82 Å². The second-order valence-corrected chi connectivity index (χ2v) is 4.47. The van der Waals surface area contributed by atoms with E-state index in [1.165, 1.54) is 0 Å². The molecule has 0 spiro atoms. The minimum atomic E-state index is 0.802. The molecule has 0 saturated carbocycles. The molecule has 0 saturated heterocycles. The molecule has 2 heterocycles. The van der Waals surface area contributed by atoms with Crippen molar-refractivity contribution in [3.63, 3.8) is 0 Å². The zero-order valence-electron chi connectivity index (χ0n) is 9.84. The number of thioether (sulfide) groups is 1. The number of pyridine rings is 1. The highest BCUT2D eigenvalue weighted by Gasteiger charge is 2.03. The van der Waals surface area contributed by atoms with Crippen molar-refractivity contribution in [3.05, 3.63) is 41.9 Å². The lowest BCUT2D eigenvalue weighted by molar-refractivity contribution is 0.931. The van der Waals surface area contributed by atoms with E-state index in [1.807, 2.05) is 26.1 Å². The molecule has 0 aliphatic heterocycles. The highest BCUT2D eigenvalue weighted by atomic mass is 32.2. The topological polar surface area (TPSA) is 50.7 Å². The Labute approximate surface area is 105 Å². The largest absolute Gasteiger partial charge is 0.373 e. The molecule has 0 aliphatic carbocycles. The van der Waals surface area contributed by atoms with Crippen LogP contribution in [0.1, 0.15) is 11.3 Å². The summed E-state index contributed by atoms with van der Waals surface area (Å²) in [6.07, 6.45) is 3.57. The fraction of sp³-hybridized carbons (Fsp3) is 0.250. The average molecular weight is 246 g/mol. The molecule has 0 amide bonds. The number of hydrogen-bond donors (Lipinski definition) is 1. The third kappa shape index (κ3) is 3.17. The molecular formula is C12H14N4S. The molecule has 2 aromatic heterocycles. The molecule has 17 heavy (non-hydrogen) atoms. The van der Waals surface area contributed by atoms with E-state index in [0.717, 1.165) is 28.0 Å². The van der Waals surface area contributed by atoms with Crippen molar-refractivity contribution in [2.24, 2.45) is 0 Å². The summed E-state index contributed by atoms with van der Waals surface area (Å²) >= 11 is 1.61. The monoisotopic (exact) mass is 246 g/mol. The third-order valence-electron chi connectivity index (χ3n) is 2.26. The van der Waals surface area contributed by atoms with Crippen LogP contribution in [0.3, 0.4) is 0 Å². The van der Waals surface area contributed by atoms with Crippen LogP contribution in [-0.2, 0) is 5.75 Å². The van der Waals surface area contributed by atoms with E-state index in [-0.39, 0.29) is 0 Å². The van der Waals surface area contributed by atoms with Crippen molar-refractivity contribution in [3.8, 4) is 0 Å². The van der Waals surface area contributed by atoms with Gasteiger partial charge in [-0.25, -0.2) is 15.0 Å². The fourth-order valence-corrected chi connectivity index (χ4v) is 2.28. The number of anilines is 1. The highest BCUT2D eigenvalue weighted by molar-refractivity contribution is 7.98. The van der Waals surface area contributed by atoms with Gasteiger partial charge in [-0.3, -0.25) is 0 Å². The van der Waals surface area contributed by atoms with Gasteiger partial charge in [0.05, 0.1) is 0 Å². The first-order valence-electron chi connectivity index (χ1n) is 5.33. The minimum Gasteiger partial charge on any atom is -0.373 e. The van der Waals surface area contributed by atoms with Gasteiger partial charge in [-0.2, -0.15) is 0 Å². The molecule has 4 nitrogen and oxygen atoms in total. The zero-order chi connectivity index (χ0) is 12.1. The number of aryl methyl sites for hydroxylation is 1. The van der Waals surface area contributed by atoms with Crippen molar-refractivity contribution >= 4 is 17.6 Å². The Kier molecular flexibility index (Phi) is 3.93. The van der Waals surface area contributed by atoms with E-state index in [2.05, 4.69) is 26.3 Å². The molecular weight excluding hydrogens is 232 g/mol. The molecule has 0 bridgehead atoms. The maximum atomic E-state index is 4.35. The summed E-state index contributed by atoms with van der Waals surface area (Å²) in [6, 6.07) is 5.89. The van der Waals surface area contributed by atoms with Crippen molar-refractivity contribution in [2.75, 3.05) is 12.4 Å². The normalized spacial score (nSPS) is 10.2. The van der Waals surface area contributed by atoms with Gasteiger partial charge in [-0.05, 0) is 19.1 Å². The van der Waals surface area contributed by atoms with Gasteiger partial charge in [-0.1, -0.05) is 17.8 Å². The van der Waals surface area contributed by atoms with Gasteiger partial charge < -0.3 is 5.32 Å². The SMILES string of the molecule is CNc1ncccc1CSc1nccc(C)n1. The van der Waals surface area contributed by atoms with E-state index in [9.17, 15) is 0 Å². The lowest BCUT2D eigenvalue weighted by Gasteiger charge is -2.06. The summed E-state index contributed by atoms with van der Waals surface area (Å²) in [5.41, 5.74) is 2.15. The quantitative estimate of drug-likeness (QED) is 0.663. The smallest absolute Gasteiger partial charge is 0.188 e. The van der Waals surface area contributed by atoms with Gasteiger partial charge in [0.2, 0.25) is 0 Å². The molecule has 2 rings (SSSR count). The fourth-order valence-electron chi connectivity index (χ4n) is 1.42. The standard InChI is InChI=1S/C12H14N4S/c1-9-5-7-15-12(16-9)17-8-10-4-3-6-14-11(10)13-2/h3-7H,8H2,1-2H3,(H,13,14). The lowest BCUT2D eigenvalue weighted by atomic mass is 10.3. The molecule has 0 radical (unpaired) electrons. The Hall–Kier alpha value is -1.62. The lowest BCUT2D eigenvalue weighted by Crippen LogP contribution is -1.97. The van der Waals surface area contributed by atoms with E-state index < -0.39 is 0 Å². The van der Waals surface area contributed by atoms with Crippen LogP contribution < -0.4 is 5.32 Å². The van der Waals surface area contributed by atoms with Gasteiger partial charge in [0, 0.05) is 36.5 Å². The van der Waals surface area contributed by atoms with Gasteiger partial charge in [-0.15, -0.1) is 0 Å². The molecule has 0 unspecified atom stereocenters. The van der Waals surface area contributed by atoms with Gasteiger partial charge in [0.25, 0.3) is 0 Å². The summed E-state index contributed by atoms with van der Waals surface area (Å²) in [5.74, 6) is 1.72. The number of nitrogens with one attached hydrogen (secondary N) is 1. The summed E-state index contributed by atoms with van der Waals surface area (Å²) in [4.78, 5) is 12.8. The first-order valence-corrected chi connectivity index (χ1v) is 6.32. The molecule has 2 aromatic rings. The zero-order valence-corrected chi connectivity index (χ0v) is 10.7. The van der Waals surface area contributed by atoms with Crippen LogP contribution >= 0.6 is 11.8 Å². The molecule has 0 atom stereocenters. The summed E-state index contributed by atoms with van der Waals surface area (Å²) in [7, 11) is 1.87. The van der Waals surface area contributed by atoms with Crippen LogP contribution in [0.15, 0.2) is 35.7 Å². The maximum absolute atomic E-state index is 4.35. The maximum Gasteiger partial charge on any atom is 0.188 e. The van der Waals surface area contributed by atoms with Gasteiger partial charge in [0.1, 0.15) is 5.82 Å². The Balaban J connectivity index is 2.07. The molecule has 88 valence electrons. The molecule has 0 fully saturated rings. The Bertz CT molecular complexity index is 501. The summed E-state index contributed by atoms with van der Waals surface area (Å²) in [6.45, 7) is 1.97. The molecule has 0 aliphatic rings. The van der Waals surface area contributed by atoms with E-state index in [4.69, 9.17) is 0 Å². The minimum absolute atomic E-state index is 0.802. The number of aromatic nitrogens is 3. The predicted octanol–water partition coefficient (Wildman–Crippen LogP) is 2.51. The Morgan fingerprint density at radius 1 is 1.24 bits per heavy atom. The third-order valence-corrected chi connectivity index (χ3v) is 3.17. The summed E-state index contributed by atoms with van der Waals surface area (Å²) in [5, 5.41) is 3.88. The van der Waals surface area contributed by atoms with E-state index in [1.54, 1.807) is 24.2 Å². The predicted molar refractivity (Wildman–Crippen MR) is 70.1 cm³/mol. The van der Waals surface area contributed by atoms with Crippen molar-refractivity contribution in [1.29, 1.82) is 0 Å². The first-order chi connectivity index (χ1) is 8.29. The van der Waals surface area contributed by atoms with E-state index >= 15 is 0 Å². The van der Waals surface area contributed by atoms with E-state index in [0.29, 0.717) is 0 Å². The van der Waals surface area contributed by atoms with Crippen molar-refractivity contribution in [2.45, 2.75) is 17.8 Å². The van der Waals surface area contributed by atoms with Crippen LogP contribution in [0.2, 0.25) is 0 Å². The number of nitrogens with zero attached hydrogens (tertiary/aromatic N) is 3. The number of hydrogen-bond acceptors (Lipinski definition) is 5. The van der Waals surface area contributed by atoms with Crippen molar-refractivity contribution < 1.29 is 0 Å². The Morgan fingerprint density at radius 3 is 2.88 bits per heavy atom. The molecule has 5 heteroatoms. The van der Waals surface area contributed by atoms with Crippen molar-refractivity contribution in [1.82, 2.24) is 15.0 Å². The molecule has 0 aromatic carbocycles. The van der Waals surface area contributed by atoms with Gasteiger partial charge in [0.15, 0.2) is 5.16 Å². The van der Waals surface area contributed by atoms with Crippen LogP contribution in [0, 0.1) is 6.92 Å². The molecule has 1 N–H and O–H groups in total. The Morgan fingerprint density at radius 2 is 2.12 bits per heavy atom. The summed E-state index contributed by atoms with van der Waals surface area (Å²) < 4.78 is 0. The van der Waals surface area contributed by atoms with Gasteiger partial charge >= 0.3 is 0 Å². The van der Waals surface area contributed by atoms with Crippen LogP contribution in [0.5, 0.6) is 0 Å². The first kappa shape index (κ1) is 11.9. The second-order valence-electron chi connectivity index (χ2n) is 3.53. The second kappa shape index (κ2) is 5.63. The average Bonchev–Trinajstić information content (AvgIpc) is 2.37. The number of rotatable bonds is 4. The highest BCUT2D eigenvalue weighted by Crippen LogP contribution is 2.22. The van der Waals surface area contributed by atoms with Crippen LogP contribution in [0.25, 0.3) is 0 Å². The van der Waals surface area contributed by atoms with Crippen LogP contribution in [-0.4, -0.2) is 22.0 Å².